The first kappa shape index (κ1) is 11.1. The zero-order valence-corrected chi connectivity index (χ0v) is 9.54. The van der Waals surface area contributed by atoms with Crippen molar-refractivity contribution >= 4 is 5.69 Å². The minimum absolute atomic E-state index is 0.203. The van der Waals surface area contributed by atoms with Gasteiger partial charge >= 0.3 is 0 Å². The third-order valence-corrected chi connectivity index (χ3v) is 3.06. The van der Waals surface area contributed by atoms with E-state index in [0.717, 1.165) is 19.5 Å². The second kappa shape index (κ2) is 4.66. The first-order valence-electron chi connectivity index (χ1n) is 5.57. The maximum atomic E-state index is 13.6. The van der Waals surface area contributed by atoms with Gasteiger partial charge in [0, 0.05) is 30.9 Å². The number of halogens is 1. The molecule has 1 aromatic rings. The van der Waals surface area contributed by atoms with Gasteiger partial charge in [0.25, 0.3) is 0 Å². The van der Waals surface area contributed by atoms with E-state index in [1.54, 1.807) is 12.1 Å². The fourth-order valence-corrected chi connectivity index (χ4v) is 1.92. The van der Waals surface area contributed by atoms with Crippen LogP contribution in [-0.2, 0) is 6.54 Å². The zero-order valence-electron chi connectivity index (χ0n) is 9.54. The van der Waals surface area contributed by atoms with Gasteiger partial charge in [0.15, 0.2) is 0 Å². The Labute approximate surface area is 95.6 Å². The van der Waals surface area contributed by atoms with E-state index in [2.05, 4.69) is 17.9 Å². The van der Waals surface area contributed by atoms with Gasteiger partial charge in [0.05, 0.1) is 0 Å². The third-order valence-electron chi connectivity index (χ3n) is 3.06. The number of rotatable bonds is 2. The lowest BCUT2D eigenvalue weighted by atomic mass is 10.1. The van der Waals surface area contributed by atoms with Crippen LogP contribution in [0.4, 0.5) is 10.1 Å². The summed E-state index contributed by atoms with van der Waals surface area (Å²) in [6, 6.07) is 4.87. The van der Waals surface area contributed by atoms with Crippen molar-refractivity contribution in [1.82, 2.24) is 4.90 Å². The Balaban J connectivity index is 2.10. The van der Waals surface area contributed by atoms with Crippen molar-refractivity contribution in [3.05, 3.63) is 41.2 Å². The van der Waals surface area contributed by atoms with Crippen LogP contribution < -0.4 is 5.73 Å². The molecule has 3 heteroatoms. The summed E-state index contributed by atoms with van der Waals surface area (Å²) >= 11 is 0. The molecular formula is C13H17FN2. The second-order valence-electron chi connectivity index (χ2n) is 4.34. The third kappa shape index (κ3) is 2.42. The van der Waals surface area contributed by atoms with Gasteiger partial charge in [-0.05, 0) is 25.5 Å². The summed E-state index contributed by atoms with van der Waals surface area (Å²) in [6.45, 7) is 4.60. The molecule has 0 aromatic heterocycles. The van der Waals surface area contributed by atoms with Crippen molar-refractivity contribution in [2.75, 3.05) is 18.8 Å². The molecule has 1 heterocycles. The molecular weight excluding hydrogens is 203 g/mol. The summed E-state index contributed by atoms with van der Waals surface area (Å²) in [5.41, 5.74) is 8.37. The normalized spacial score (nSPS) is 17.2. The zero-order chi connectivity index (χ0) is 11.5. The Bertz CT molecular complexity index is 392. The van der Waals surface area contributed by atoms with E-state index >= 15 is 0 Å². The fourth-order valence-electron chi connectivity index (χ4n) is 1.92. The Morgan fingerprint density at radius 2 is 2.25 bits per heavy atom. The largest absolute Gasteiger partial charge is 0.398 e. The van der Waals surface area contributed by atoms with Gasteiger partial charge in [-0.15, -0.1) is 0 Å². The molecule has 16 heavy (non-hydrogen) atoms. The van der Waals surface area contributed by atoms with Crippen molar-refractivity contribution in [3.63, 3.8) is 0 Å². The van der Waals surface area contributed by atoms with Gasteiger partial charge < -0.3 is 5.73 Å². The van der Waals surface area contributed by atoms with E-state index < -0.39 is 0 Å². The number of benzene rings is 1. The number of hydrogen-bond acceptors (Lipinski definition) is 2. The molecule has 1 aliphatic heterocycles. The van der Waals surface area contributed by atoms with E-state index in [1.807, 2.05) is 0 Å². The van der Waals surface area contributed by atoms with Gasteiger partial charge in [0.2, 0.25) is 0 Å². The molecule has 0 fully saturated rings. The summed E-state index contributed by atoms with van der Waals surface area (Å²) < 4.78 is 13.6. The highest BCUT2D eigenvalue weighted by Crippen LogP contribution is 2.20. The molecule has 86 valence electrons. The van der Waals surface area contributed by atoms with Crippen molar-refractivity contribution in [2.45, 2.75) is 19.9 Å². The lowest BCUT2D eigenvalue weighted by Crippen LogP contribution is -2.28. The summed E-state index contributed by atoms with van der Waals surface area (Å²) in [5, 5.41) is 0. The molecule has 0 saturated heterocycles. The smallest absolute Gasteiger partial charge is 0.129 e. The predicted molar refractivity (Wildman–Crippen MR) is 64.5 cm³/mol. The molecule has 0 bridgehead atoms. The number of anilines is 1. The lowest BCUT2D eigenvalue weighted by Gasteiger charge is -2.25. The quantitative estimate of drug-likeness (QED) is 0.613. The van der Waals surface area contributed by atoms with Crippen LogP contribution in [0.2, 0.25) is 0 Å². The Morgan fingerprint density at radius 1 is 1.44 bits per heavy atom. The van der Waals surface area contributed by atoms with Gasteiger partial charge in [-0.25, -0.2) is 4.39 Å². The average molecular weight is 220 g/mol. The maximum Gasteiger partial charge on any atom is 0.129 e. The molecule has 2 N–H and O–H groups in total. The summed E-state index contributed by atoms with van der Waals surface area (Å²) in [4.78, 5) is 2.21. The Kier molecular flexibility index (Phi) is 3.25. The molecule has 0 radical (unpaired) electrons. The molecule has 0 saturated carbocycles. The number of hydrogen-bond donors (Lipinski definition) is 1. The van der Waals surface area contributed by atoms with E-state index in [1.165, 1.54) is 11.6 Å². The highest BCUT2D eigenvalue weighted by Gasteiger charge is 2.13. The number of nitrogens with two attached hydrogens (primary N) is 1. The van der Waals surface area contributed by atoms with Crippen LogP contribution in [0, 0.1) is 5.82 Å². The summed E-state index contributed by atoms with van der Waals surface area (Å²) in [6.07, 6.45) is 3.26. The van der Waals surface area contributed by atoms with Crippen molar-refractivity contribution < 1.29 is 4.39 Å². The van der Waals surface area contributed by atoms with E-state index in [0.29, 0.717) is 17.8 Å². The standard InChI is InChI=1S/C13H17FN2/c1-10-5-7-16(8-6-10)9-11-12(14)3-2-4-13(11)15/h2-5H,6-9,15H2,1H3. The van der Waals surface area contributed by atoms with E-state index in [4.69, 9.17) is 5.73 Å². The second-order valence-corrected chi connectivity index (χ2v) is 4.34. The predicted octanol–water partition coefficient (Wildman–Crippen LogP) is 2.56. The number of nitrogens with zero attached hydrogens (tertiary/aromatic N) is 1. The summed E-state index contributed by atoms with van der Waals surface area (Å²) in [5.74, 6) is -0.203. The lowest BCUT2D eigenvalue weighted by molar-refractivity contribution is 0.282. The van der Waals surface area contributed by atoms with Gasteiger partial charge in [-0.3, -0.25) is 4.90 Å². The molecule has 2 rings (SSSR count). The van der Waals surface area contributed by atoms with Crippen LogP contribution >= 0.6 is 0 Å². The van der Waals surface area contributed by atoms with Crippen molar-refractivity contribution in [3.8, 4) is 0 Å². The first-order valence-corrected chi connectivity index (χ1v) is 5.57. The van der Waals surface area contributed by atoms with Crippen LogP contribution in [0.5, 0.6) is 0 Å². The highest BCUT2D eigenvalue weighted by molar-refractivity contribution is 5.47. The van der Waals surface area contributed by atoms with Crippen LogP contribution in [0.3, 0.4) is 0 Å². The number of nitrogen functional groups attached to an aromatic ring is 1. The van der Waals surface area contributed by atoms with Gasteiger partial charge in [0.1, 0.15) is 5.82 Å². The molecule has 0 aliphatic carbocycles. The van der Waals surface area contributed by atoms with E-state index in [9.17, 15) is 4.39 Å². The molecule has 1 aromatic carbocycles. The highest BCUT2D eigenvalue weighted by atomic mass is 19.1. The average Bonchev–Trinajstić information content (AvgIpc) is 2.26. The van der Waals surface area contributed by atoms with Crippen LogP contribution in [0.15, 0.2) is 29.8 Å². The topological polar surface area (TPSA) is 29.3 Å². The Hall–Kier alpha value is -1.35. The first-order chi connectivity index (χ1) is 7.66. The molecule has 0 amide bonds. The van der Waals surface area contributed by atoms with E-state index in [-0.39, 0.29) is 5.82 Å². The molecule has 0 atom stereocenters. The molecule has 0 unspecified atom stereocenters. The SMILES string of the molecule is CC1=CCN(Cc2c(N)cccc2F)CC1. The maximum absolute atomic E-state index is 13.6. The van der Waals surface area contributed by atoms with Gasteiger partial charge in [-0.1, -0.05) is 17.7 Å². The fraction of sp³-hybridized carbons (Fsp3) is 0.385. The van der Waals surface area contributed by atoms with Crippen LogP contribution in [-0.4, -0.2) is 18.0 Å². The van der Waals surface area contributed by atoms with Crippen molar-refractivity contribution in [1.29, 1.82) is 0 Å². The monoisotopic (exact) mass is 220 g/mol. The summed E-state index contributed by atoms with van der Waals surface area (Å²) in [7, 11) is 0. The molecule has 1 aliphatic rings. The van der Waals surface area contributed by atoms with Crippen molar-refractivity contribution in [2.24, 2.45) is 0 Å². The van der Waals surface area contributed by atoms with Gasteiger partial charge in [-0.2, -0.15) is 0 Å². The van der Waals surface area contributed by atoms with Crippen LogP contribution in [0.1, 0.15) is 18.9 Å². The van der Waals surface area contributed by atoms with Crippen LogP contribution in [0.25, 0.3) is 0 Å². The minimum atomic E-state index is -0.203. The molecule has 0 spiro atoms. The molecule has 2 nitrogen and oxygen atoms in total. The minimum Gasteiger partial charge on any atom is -0.398 e. The Morgan fingerprint density at radius 3 is 2.88 bits per heavy atom.